The van der Waals surface area contributed by atoms with Gasteiger partial charge >= 0.3 is 5.97 Å². The molecule has 1 aromatic carbocycles. The number of aryl methyl sites for hydroxylation is 1. The fourth-order valence-corrected chi connectivity index (χ4v) is 2.85. The maximum atomic E-state index is 12.3. The van der Waals surface area contributed by atoms with Crippen molar-refractivity contribution in [2.24, 2.45) is 5.41 Å². The molecule has 0 aliphatic carbocycles. The van der Waals surface area contributed by atoms with E-state index in [4.69, 9.17) is 4.74 Å². The molecule has 20 heavy (non-hydrogen) atoms. The van der Waals surface area contributed by atoms with Gasteiger partial charge in [-0.1, -0.05) is 38.5 Å². The second-order valence-electron chi connectivity index (χ2n) is 5.90. The summed E-state index contributed by atoms with van der Waals surface area (Å²) in [5.74, 6) is -0.307. The van der Waals surface area contributed by atoms with Crippen molar-refractivity contribution in [2.45, 2.75) is 45.1 Å². The molecule has 0 aliphatic heterocycles. The maximum Gasteiger partial charge on any atom is 0.307 e. The van der Waals surface area contributed by atoms with Crippen LogP contribution in [-0.4, -0.2) is 23.3 Å². The summed E-state index contributed by atoms with van der Waals surface area (Å²) in [6.07, 6.45) is 0.192. The molecule has 0 heterocycles. The molecular formula is C15H23NO3S. The number of carbonyl (C=O) groups excluding carboxylic acids is 1. The van der Waals surface area contributed by atoms with Crippen LogP contribution in [0.25, 0.3) is 0 Å². The van der Waals surface area contributed by atoms with Gasteiger partial charge in [0.2, 0.25) is 0 Å². The zero-order valence-corrected chi connectivity index (χ0v) is 13.5. The van der Waals surface area contributed by atoms with Gasteiger partial charge in [0.15, 0.2) is 0 Å². The van der Waals surface area contributed by atoms with Crippen molar-refractivity contribution in [3.8, 4) is 0 Å². The van der Waals surface area contributed by atoms with Gasteiger partial charge < -0.3 is 4.74 Å². The molecule has 2 atom stereocenters. The average molecular weight is 297 g/mol. The van der Waals surface area contributed by atoms with E-state index in [0.717, 1.165) is 5.56 Å². The third-order valence-corrected chi connectivity index (χ3v) is 4.33. The number of carbonyl (C=O) groups is 1. The number of nitrogens with one attached hydrogen (secondary N) is 1. The molecule has 1 N–H and O–H groups in total. The Kier molecular flexibility index (Phi) is 5.89. The van der Waals surface area contributed by atoms with Crippen LogP contribution in [0.3, 0.4) is 0 Å². The van der Waals surface area contributed by atoms with Crippen LogP contribution in [0.4, 0.5) is 0 Å². The van der Waals surface area contributed by atoms with Crippen LogP contribution in [0, 0.1) is 12.3 Å². The van der Waals surface area contributed by atoms with Crippen molar-refractivity contribution in [3.63, 3.8) is 0 Å². The summed E-state index contributed by atoms with van der Waals surface area (Å²) in [6.45, 7) is 7.98. The normalized spacial score (nSPS) is 14.7. The quantitative estimate of drug-likeness (QED) is 0.850. The van der Waals surface area contributed by atoms with Crippen molar-refractivity contribution < 1.29 is 13.7 Å². The molecule has 1 rings (SSSR count). The van der Waals surface area contributed by atoms with Gasteiger partial charge in [0, 0.05) is 6.04 Å². The first-order valence-electron chi connectivity index (χ1n) is 6.55. The molecule has 112 valence electrons. The largest absolute Gasteiger partial charge is 0.469 e. The van der Waals surface area contributed by atoms with E-state index < -0.39 is 11.0 Å². The summed E-state index contributed by atoms with van der Waals surface area (Å²) in [7, 11) is 0.0157. The highest BCUT2D eigenvalue weighted by Crippen LogP contribution is 2.23. The van der Waals surface area contributed by atoms with Crippen molar-refractivity contribution in [3.05, 3.63) is 29.8 Å². The van der Waals surface area contributed by atoms with Crippen LogP contribution in [0.1, 0.15) is 32.8 Å². The lowest BCUT2D eigenvalue weighted by atomic mass is 9.85. The summed E-state index contributed by atoms with van der Waals surface area (Å²) in [4.78, 5) is 12.2. The minimum Gasteiger partial charge on any atom is -0.469 e. The van der Waals surface area contributed by atoms with Crippen molar-refractivity contribution in [2.75, 3.05) is 7.11 Å². The third kappa shape index (κ3) is 5.06. The van der Waals surface area contributed by atoms with Gasteiger partial charge in [-0.15, -0.1) is 0 Å². The Hall–Kier alpha value is -1.20. The number of rotatable bonds is 5. The molecule has 0 aliphatic rings. The molecule has 0 bridgehead atoms. The highest BCUT2D eigenvalue weighted by molar-refractivity contribution is 7.83. The molecule has 1 aromatic rings. The highest BCUT2D eigenvalue weighted by atomic mass is 32.2. The van der Waals surface area contributed by atoms with Crippen molar-refractivity contribution >= 4 is 17.0 Å². The monoisotopic (exact) mass is 297 g/mol. The zero-order valence-electron chi connectivity index (χ0n) is 12.7. The predicted molar refractivity (Wildman–Crippen MR) is 80.6 cm³/mol. The number of benzene rings is 1. The second-order valence-corrected chi connectivity index (χ2v) is 7.14. The standard InChI is InChI=1S/C15H23NO3S/c1-11-6-8-12(9-7-11)20(18)16-13(15(2,3)4)10-14(17)19-5/h6-9,13,16H,10H2,1-5H3/t13-,20+/m1/s1. The second kappa shape index (κ2) is 6.99. The van der Waals surface area contributed by atoms with Gasteiger partial charge in [0.1, 0.15) is 11.0 Å². The van der Waals surface area contributed by atoms with Crippen molar-refractivity contribution in [1.82, 2.24) is 4.72 Å². The molecule has 0 fully saturated rings. The van der Waals surface area contributed by atoms with Crippen LogP contribution in [-0.2, 0) is 20.5 Å². The molecule has 0 amide bonds. The van der Waals surface area contributed by atoms with E-state index >= 15 is 0 Å². The van der Waals surface area contributed by atoms with Gasteiger partial charge in [-0.2, -0.15) is 0 Å². The first-order chi connectivity index (χ1) is 9.24. The lowest BCUT2D eigenvalue weighted by Gasteiger charge is -2.30. The molecule has 0 unspecified atom stereocenters. The van der Waals surface area contributed by atoms with Gasteiger partial charge in [-0.05, 0) is 24.5 Å². The van der Waals surface area contributed by atoms with Gasteiger partial charge in [0.25, 0.3) is 0 Å². The van der Waals surface area contributed by atoms with Crippen LogP contribution < -0.4 is 4.72 Å². The SMILES string of the molecule is COC(=O)C[C@@H](N[S@@](=O)c1ccc(C)cc1)C(C)(C)C. The Labute approximate surface area is 123 Å². The Bertz CT molecular complexity index is 477. The number of methoxy groups -OCH3 is 1. The van der Waals surface area contributed by atoms with E-state index in [-0.39, 0.29) is 23.8 Å². The number of hydrogen-bond acceptors (Lipinski definition) is 3. The molecule has 0 spiro atoms. The maximum absolute atomic E-state index is 12.3. The fourth-order valence-electron chi connectivity index (χ4n) is 1.63. The Morgan fingerprint density at radius 2 is 1.85 bits per heavy atom. The van der Waals surface area contributed by atoms with Gasteiger partial charge in [-0.3, -0.25) is 4.79 Å². The first-order valence-corrected chi connectivity index (χ1v) is 7.70. The Balaban J connectivity index is 2.81. The lowest BCUT2D eigenvalue weighted by Crippen LogP contribution is -2.43. The van der Waals surface area contributed by atoms with Gasteiger partial charge in [0.05, 0.1) is 18.4 Å². The third-order valence-electron chi connectivity index (χ3n) is 3.13. The topological polar surface area (TPSA) is 55.4 Å². The van der Waals surface area contributed by atoms with E-state index in [1.54, 1.807) is 0 Å². The molecule has 0 saturated heterocycles. The minimum absolute atomic E-state index is 0.192. The van der Waals surface area contributed by atoms with E-state index in [1.165, 1.54) is 7.11 Å². The first kappa shape index (κ1) is 16.9. The Morgan fingerprint density at radius 1 is 1.30 bits per heavy atom. The van der Waals surface area contributed by atoms with Crippen LogP contribution in [0.15, 0.2) is 29.2 Å². The zero-order chi connectivity index (χ0) is 15.3. The van der Waals surface area contributed by atoms with Crippen molar-refractivity contribution in [1.29, 1.82) is 0 Å². The molecule has 5 heteroatoms. The summed E-state index contributed by atoms with van der Waals surface area (Å²) in [5.41, 5.74) is 0.918. The fraction of sp³-hybridized carbons (Fsp3) is 0.533. The van der Waals surface area contributed by atoms with E-state index in [2.05, 4.69) is 4.72 Å². The highest BCUT2D eigenvalue weighted by Gasteiger charge is 2.29. The van der Waals surface area contributed by atoms with E-state index in [1.807, 2.05) is 52.0 Å². The molecular weight excluding hydrogens is 274 g/mol. The lowest BCUT2D eigenvalue weighted by molar-refractivity contribution is -0.141. The van der Waals surface area contributed by atoms with Crippen LogP contribution >= 0.6 is 0 Å². The number of hydrogen-bond donors (Lipinski definition) is 1. The van der Waals surface area contributed by atoms with E-state index in [0.29, 0.717) is 4.90 Å². The number of esters is 1. The van der Waals surface area contributed by atoms with E-state index in [9.17, 15) is 9.00 Å². The van der Waals surface area contributed by atoms with Crippen LogP contribution in [0.5, 0.6) is 0 Å². The van der Waals surface area contributed by atoms with Crippen LogP contribution in [0.2, 0.25) is 0 Å². The predicted octanol–water partition coefficient (Wildman–Crippen LogP) is 2.59. The molecule has 0 radical (unpaired) electrons. The summed E-state index contributed by atoms with van der Waals surface area (Å²) >= 11 is 0. The van der Waals surface area contributed by atoms with Gasteiger partial charge in [-0.25, -0.2) is 8.93 Å². The average Bonchev–Trinajstić information content (AvgIpc) is 2.37. The smallest absolute Gasteiger partial charge is 0.307 e. The minimum atomic E-state index is -1.34. The molecule has 4 nitrogen and oxygen atoms in total. The number of ether oxygens (including phenoxy) is 1. The summed E-state index contributed by atoms with van der Waals surface area (Å²) in [5, 5.41) is 0. The summed E-state index contributed by atoms with van der Waals surface area (Å²) in [6, 6.07) is 7.27. The molecule has 0 aromatic heterocycles. The molecule has 0 saturated carbocycles. The Morgan fingerprint density at radius 3 is 2.30 bits per heavy atom. The summed E-state index contributed by atoms with van der Waals surface area (Å²) < 4.78 is 20.1.